The number of fused-ring (bicyclic) bond motifs is 1. The molecule has 4 aliphatic rings. The van der Waals surface area contributed by atoms with Crippen LogP contribution in [0.25, 0.3) is 0 Å². The molecule has 0 amide bonds. The Balaban J connectivity index is 1.62. The second-order valence-electron chi connectivity index (χ2n) is 8.44. The number of aliphatic hydroxyl groups excluding tert-OH is 2. The maximum Gasteiger partial charge on any atom is 0.0652 e. The van der Waals surface area contributed by atoms with Crippen LogP contribution in [-0.2, 0) is 0 Å². The van der Waals surface area contributed by atoms with Gasteiger partial charge in [-0.25, -0.2) is 0 Å². The number of hydrogen-bond acceptors (Lipinski definition) is 2. The minimum absolute atomic E-state index is 0.180. The second-order valence-corrected chi connectivity index (χ2v) is 8.44. The molecule has 0 bridgehead atoms. The summed E-state index contributed by atoms with van der Waals surface area (Å²) in [6.07, 6.45) is 14.5. The Morgan fingerprint density at radius 3 is 1.40 bits per heavy atom. The molecule has 0 heterocycles. The van der Waals surface area contributed by atoms with Crippen molar-refractivity contribution in [2.45, 2.75) is 89.3 Å². The minimum atomic E-state index is -0.225. The summed E-state index contributed by atoms with van der Waals surface area (Å²) in [4.78, 5) is 0. The molecule has 2 spiro atoms. The van der Waals surface area contributed by atoms with Crippen LogP contribution in [0.1, 0.15) is 77.0 Å². The van der Waals surface area contributed by atoms with Crippen molar-refractivity contribution < 1.29 is 10.2 Å². The highest BCUT2D eigenvalue weighted by molar-refractivity contribution is 5.08. The van der Waals surface area contributed by atoms with Gasteiger partial charge >= 0.3 is 0 Å². The molecule has 4 aliphatic carbocycles. The molecule has 4 saturated carbocycles. The summed E-state index contributed by atoms with van der Waals surface area (Å²) in [5, 5.41) is 22.2. The molecule has 2 heteroatoms. The average Bonchev–Trinajstić information content (AvgIpc) is 3.10. The topological polar surface area (TPSA) is 40.5 Å². The Bertz CT molecular complexity index is 332. The van der Waals surface area contributed by atoms with Gasteiger partial charge in [0.15, 0.2) is 0 Å². The molecule has 2 nitrogen and oxygen atoms in total. The second kappa shape index (κ2) is 4.71. The van der Waals surface area contributed by atoms with Gasteiger partial charge in [0.25, 0.3) is 0 Å². The van der Waals surface area contributed by atoms with Gasteiger partial charge in [0.2, 0.25) is 0 Å². The van der Waals surface area contributed by atoms with Crippen LogP contribution in [0.4, 0.5) is 0 Å². The van der Waals surface area contributed by atoms with E-state index in [9.17, 15) is 10.2 Å². The van der Waals surface area contributed by atoms with E-state index in [0.717, 1.165) is 0 Å². The summed E-state index contributed by atoms with van der Waals surface area (Å²) in [6, 6.07) is 0. The monoisotopic (exact) mass is 278 g/mol. The first-order valence-corrected chi connectivity index (χ1v) is 9.03. The van der Waals surface area contributed by atoms with Crippen molar-refractivity contribution in [1.82, 2.24) is 0 Å². The molecule has 20 heavy (non-hydrogen) atoms. The van der Waals surface area contributed by atoms with E-state index in [2.05, 4.69) is 0 Å². The first-order valence-electron chi connectivity index (χ1n) is 9.03. The third kappa shape index (κ3) is 1.76. The largest absolute Gasteiger partial charge is 0.392 e. The summed E-state index contributed by atoms with van der Waals surface area (Å²) < 4.78 is 0. The van der Waals surface area contributed by atoms with Crippen molar-refractivity contribution in [1.29, 1.82) is 0 Å². The fraction of sp³-hybridized carbons (Fsp3) is 1.00. The van der Waals surface area contributed by atoms with Crippen LogP contribution < -0.4 is 0 Å². The fourth-order valence-electron chi connectivity index (χ4n) is 6.53. The number of hydrogen-bond donors (Lipinski definition) is 2. The van der Waals surface area contributed by atoms with Crippen molar-refractivity contribution in [3.05, 3.63) is 0 Å². The van der Waals surface area contributed by atoms with E-state index in [1.165, 1.54) is 77.0 Å². The lowest BCUT2D eigenvalue weighted by Gasteiger charge is -2.55. The van der Waals surface area contributed by atoms with Crippen molar-refractivity contribution in [3.8, 4) is 0 Å². The first kappa shape index (κ1) is 13.6. The summed E-state index contributed by atoms with van der Waals surface area (Å²) in [6.45, 7) is 0. The van der Waals surface area contributed by atoms with Crippen LogP contribution in [0.3, 0.4) is 0 Å². The van der Waals surface area contributed by atoms with Gasteiger partial charge in [-0.15, -0.1) is 0 Å². The molecule has 0 aromatic rings. The molecule has 2 unspecified atom stereocenters. The van der Waals surface area contributed by atoms with E-state index in [-0.39, 0.29) is 29.0 Å². The summed E-state index contributed by atoms with van der Waals surface area (Å²) >= 11 is 0. The third-order valence-corrected chi connectivity index (χ3v) is 7.75. The van der Waals surface area contributed by atoms with Crippen LogP contribution in [-0.4, -0.2) is 22.4 Å². The molecule has 4 rings (SSSR count). The Hall–Kier alpha value is -0.0800. The SMILES string of the molecule is OC1C2C(CCC13CCCC3)CCC1(CCCC1)C2O. The lowest BCUT2D eigenvalue weighted by Crippen LogP contribution is -2.57. The van der Waals surface area contributed by atoms with Gasteiger partial charge in [0, 0.05) is 5.92 Å². The van der Waals surface area contributed by atoms with Gasteiger partial charge in [-0.05, 0) is 68.1 Å². The fourth-order valence-corrected chi connectivity index (χ4v) is 6.53. The lowest BCUT2D eigenvalue weighted by molar-refractivity contribution is -0.172. The Morgan fingerprint density at radius 2 is 1.00 bits per heavy atom. The standard InChI is InChI=1S/C18H30O2/c19-15-14-13(5-11-17(15)7-1-2-8-17)6-12-18(16(14)20)9-3-4-10-18/h13-16,19-20H,1-12H2. The van der Waals surface area contributed by atoms with Crippen LogP contribution in [0.15, 0.2) is 0 Å². The highest BCUT2D eigenvalue weighted by atomic mass is 16.3. The maximum absolute atomic E-state index is 11.1. The van der Waals surface area contributed by atoms with E-state index in [4.69, 9.17) is 0 Å². The molecule has 114 valence electrons. The molecule has 0 saturated heterocycles. The summed E-state index contributed by atoms with van der Waals surface area (Å²) in [5.74, 6) is 0.783. The maximum atomic E-state index is 11.1. The van der Waals surface area contributed by atoms with Crippen molar-refractivity contribution in [3.63, 3.8) is 0 Å². The predicted octanol–water partition coefficient (Wildman–Crippen LogP) is 3.65. The minimum Gasteiger partial charge on any atom is -0.392 e. The van der Waals surface area contributed by atoms with Crippen molar-refractivity contribution in [2.24, 2.45) is 22.7 Å². The quantitative estimate of drug-likeness (QED) is 0.710. The van der Waals surface area contributed by atoms with Gasteiger partial charge in [0.05, 0.1) is 12.2 Å². The molecular formula is C18H30O2. The highest BCUT2D eigenvalue weighted by Crippen LogP contribution is 2.60. The summed E-state index contributed by atoms with van der Waals surface area (Å²) in [5.41, 5.74) is 0.360. The van der Waals surface area contributed by atoms with Crippen LogP contribution in [0, 0.1) is 22.7 Å². The Labute approximate surface area is 123 Å². The first-order chi connectivity index (χ1) is 9.67. The van der Waals surface area contributed by atoms with E-state index in [1.807, 2.05) is 0 Å². The number of rotatable bonds is 0. The zero-order valence-corrected chi connectivity index (χ0v) is 12.7. The molecule has 2 atom stereocenters. The normalized spacial score (nSPS) is 45.9. The smallest absolute Gasteiger partial charge is 0.0652 e. The molecule has 4 fully saturated rings. The van der Waals surface area contributed by atoms with E-state index < -0.39 is 0 Å². The average molecular weight is 278 g/mol. The summed E-state index contributed by atoms with van der Waals surface area (Å²) in [7, 11) is 0. The third-order valence-electron chi connectivity index (χ3n) is 7.75. The Morgan fingerprint density at radius 1 is 0.600 bits per heavy atom. The van der Waals surface area contributed by atoms with Crippen molar-refractivity contribution in [2.75, 3.05) is 0 Å². The highest BCUT2D eigenvalue weighted by Gasteiger charge is 2.58. The predicted molar refractivity (Wildman–Crippen MR) is 79.3 cm³/mol. The van der Waals surface area contributed by atoms with Crippen LogP contribution in [0.5, 0.6) is 0 Å². The molecular weight excluding hydrogens is 248 g/mol. The molecule has 0 aliphatic heterocycles. The van der Waals surface area contributed by atoms with Gasteiger partial charge in [0.1, 0.15) is 0 Å². The Kier molecular flexibility index (Phi) is 3.20. The van der Waals surface area contributed by atoms with Gasteiger partial charge in [-0.1, -0.05) is 25.7 Å². The molecule has 0 radical (unpaired) electrons. The van der Waals surface area contributed by atoms with E-state index in [1.54, 1.807) is 0 Å². The molecule has 0 aromatic carbocycles. The lowest BCUT2D eigenvalue weighted by atomic mass is 9.52. The molecule has 0 aromatic heterocycles. The molecule has 2 N–H and O–H groups in total. The zero-order valence-electron chi connectivity index (χ0n) is 12.7. The van der Waals surface area contributed by atoms with Gasteiger partial charge in [-0.3, -0.25) is 0 Å². The van der Waals surface area contributed by atoms with Gasteiger partial charge < -0.3 is 10.2 Å². The van der Waals surface area contributed by atoms with Crippen LogP contribution >= 0.6 is 0 Å². The van der Waals surface area contributed by atoms with E-state index >= 15 is 0 Å². The number of aliphatic hydroxyl groups is 2. The van der Waals surface area contributed by atoms with Gasteiger partial charge in [-0.2, -0.15) is 0 Å². The van der Waals surface area contributed by atoms with E-state index in [0.29, 0.717) is 5.92 Å². The zero-order chi connectivity index (χ0) is 13.8. The van der Waals surface area contributed by atoms with Crippen molar-refractivity contribution >= 4 is 0 Å². The van der Waals surface area contributed by atoms with Crippen LogP contribution in [0.2, 0.25) is 0 Å².